The number of aromatic nitrogens is 1. The van der Waals surface area contributed by atoms with Crippen LogP contribution in [0.1, 0.15) is 25.0 Å². The number of rotatable bonds is 2. The van der Waals surface area contributed by atoms with Crippen LogP contribution in [0.4, 0.5) is 0 Å². The summed E-state index contributed by atoms with van der Waals surface area (Å²) in [5.74, 6) is 0. The van der Waals surface area contributed by atoms with E-state index in [1.165, 1.54) is 44.1 Å². The molecule has 7 aromatic carbocycles. The normalized spacial score (nSPS) is 13.8. The molecule has 3 heteroatoms. The summed E-state index contributed by atoms with van der Waals surface area (Å²) in [6, 6.07) is 50.2. The third kappa shape index (κ3) is 3.28. The van der Waals surface area contributed by atoms with Crippen LogP contribution in [0.5, 0.6) is 0 Å². The van der Waals surface area contributed by atoms with Crippen LogP contribution in [-0.2, 0) is 5.41 Å². The van der Waals surface area contributed by atoms with E-state index in [-0.39, 0.29) is 5.41 Å². The number of hydrogen-bond donors (Lipinski definition) is 0. The van der Waals surface area contributed by atoms with E-state index >= 15 is 0 Å². The van der Waals surface area contributed by atoms with E-state index in [1.54, 1.807) is 0 Å². The van der Waals surface area contributed by atoms with E-state index in [4.69, 9.17) is 8.83 Å². The molecule has 0 bridgehead atoms. The predicted molar refractivity (Wildman–Crippen MR) is 198 cm³/mol. The van der Waals surface area contributed by atoms with E-state index < -0.39 is 0 Å². The molecule has 0 saturated heterocycles. The summed E-state index contributed by atoms with van der Waals surface area (Å²) in [6.07, 6.45) is 0. The van der Waals surface area contributed by atoms with Crippen molar-refractivity contribution in [2.24, 2.45) is 0 Å². The molecule has 0 unspecified atom stereocenters. The van der Waals surface area contributed by atoms with Crippen LogP contribution >= 0.6 is 0 Å². The van der Waals surface area contributed by atoms with Gasteiger partial charge in [0.15, 0.2) is 0 Å². The van der Waals surface area contributed by atoms with E-state index in [0.29, 0.717) is 0 Å². The minimum Gasteiger partial charge on any atom is -0.456 e. The summed E-state index contributed by atoms with van der Waals surface area (Å²) in [7, 11) is 0. The van der Waals surface area contributed by atoms with Gasteiger partial charge in [0.1, 0.15) is 22.3 Å². The molecule has 0 atom stereocenters. The van der Waals surface area contributed by atoms with Gasteiger partial charge in [-0.3, -0.25) is 0 Å². The molecule has 3 heterocycles. The maximum absolute atomic E-state index is 6.79. The van der Waals surface area contributed by atoms with Gasteiger partial charge in [-0.25, -0.2) is 0 Å². The number of furan rings is 2. The van der Waals surface area contributed by atoms with Crippen molar-refractivity contribution in [2.75, 3.05) is 0 Å². The van der Waals surface area contributed by atoms with E-state index in [9.17, 15) is 0 Å². The average molecular weight is 616 g/mol. The lowest BCUT2D eigenvalue weighted by molar-refractivity contribution is 0.661. The largest absolute Gasteiger partial charge is 0.456 e. The maximum atomic E-state index is 6.79. The summed E-state index contributed by atoms with van der Waals surface area (Å²) in [6.45, 7) is 4.71. The van der Waals surface area contributed by atoms with Crippen LogP contribution in [0.25, 0.3) is 93.6 Å². The van der Waals surface area contributed by atoms with Gasteiger partial charge in [0.2, 0.25) is 0 Å². The van der Waals surface area contributed by atoms with Gasteiger partial charge in [-0.2, -0.15) is 0 Å². The topological polar surface area (TPSA) is 31.2 Å². The summed E-state index contributed by atoms with van der Waals surface area (Å²) in [5.41, 5.74) is 14.6. The number of benzene rings is 7. The molecule has 226 valence electrons. The molecule has 0 aliphatic heterocycles. The van der Waals surface area contributed by atoms with Gasteiger partial charge in [-0.15, -0.1) is 0 Å². The molecular weight excluding hydrogens is 587 g/mol. The Morgan fingerprint density at radius 1 is 0.458 bits per heavy atom. The highest BCUT2D eigenvalue weighted by atomic mass is 16.3. The van der Waals surface area contributed by atoms with Crippen LogP contribution in [0, 0.1) is 0 Å². The SMILES string of the molecule is CC1(C)c2ccccc2-c2cc3c(cc21)c1ccccc1n3-c1cccc2oc3c(-c4ccc5oc6ccccc6c5c4)cccc3c12. The van der Waals surface area contributed by atoms with Gasteiger partial charge in [-0.1, -0.05) is 105 Å². The van der Waals surface area contributed by atoms with Crippen LogP contribution in [0.2, 0.25) is 0 Å². The van der Waals surface area contributed by atoms with E-state index in [0.717, 1.165) is 60.7 Å². The Kier molecular flexibility index (Phi) is 4.91. The van der Waals surface area contributed by atoms with Crippen LogP contribution < -0.4 is 0 Å². The quantitative estimate of drug-likeness (QED) is 0.194. The van der Waals surface area contributed by atoms with Gasteiger partial charge < -0.3 is 13.4 Å². The summed E-state index contributed by atoms with van der Waals surface area (Å²) < 4.78 is 15.4. The van der Waals surface area contributed by atoms with Gasteiger partial charge >= 0.3 is 0 Å². The first-order valence-electron chi connectivity index (χ1n) is 16.6. The highest BCUT2D eigenvalue weighted by molar-refractivity contribution is 6.17. The Hall–Kier alpha value is -6.06. The Morgan fingerprint density at radius 2 is 1.19 bits per heavy atom. The number of para-hydroxylation sites is 3. The zero-order valence-electron chi connectivity index (χ0n) is 26.5. The monoisotopic (exact) mass is 615 g/mol. The molecule has 1 aliphatic carbocycles. The van der Waals surface area contributed by atoms with Crippen LogP contribution in [0.3, 0.4) is 0 Å². The number of nitrogens with zero attached hydrogens (tertiary/aromatic N) is 1. The lowest BCUT2D eigenvalue weighted by Crippen LogP contribution is -2.14. The molecule has 0 N–H and O–H groups in total. The van der Waals surface area contributed by atoms with Gasteiger partial charge in [0, 0.05) is 37.9 Å². The lowest BCUT2D eigenvalue weighted by atomic mass is 9.82. The fourth-order valence-corrected chi connectivity index (χ4v) is 8.56. The Bertz CT molecular complexity index is 2980. The number of fused-ring (bicyclic) bond motifs is 12. The van der Waals surface area contributed by atoms with Crippen molar-refractivity contribution >= 4 is 65.7 Å². The maximum Gasteiger partial charge on any atom is 0.143 e. The first kappa shape index (κ1) is 26.1. The standard InChI is InChI=1S/C45H29NO2/c1-45(2)35-16-6-3-11-28(35)32-25-39-33(24-36(32)45)29-12-4-7-17-37(29)46(39)38-18-10-20-42-43(38)31-15-9-14-27(44(31)48-42)26-21-22-41-34(23-26)30-13-5-8-19-40(30)47-41/h3-25H,1-2H3. The number of hydrogen-bond acceptors (Lipinski definition) is 2. The molecular formula is C45H29NO2. The molecule has 0 fully saturated rings. The first-order chi connectivity index (χ1) is 23.6. The summed E-state index contributed by atoms with van der Waals surface area (Å²) >= 11 is 0. The first-order valence-corrected chi connectivity index (χ1v) is 16.6. The molecule has 0 saturated carbocycles. The van der Waals surface area contributed by atoms with Crippen molar-refractivity contribution in [3.63, 3.8) is 0 Å². The second-order valence-corrected chi connectivity index (χ2v) is 13.7. The molecule has 3 nitrogen and oxygen atoms in total. The molecule has 48 heavy (non-hydrogen) atoms. The predicted octanol–water partition coefficient (Wildman–Crippen LogP) is 12.6. The van der Waals surface area contributed by atoms with Crippen molar-refractivity contribution in [1.82, 2.24) is 4.57 Å². The molecule has 11 rings (SSSR count). The van der Waals surface area contributed by atoms with Gasteiger partial charge in [-0.05, 0) is 76.3 Å². The van der Waals surface area contributed by atoms with Crippen molar-refractivity contribution in [3.05, 3.63) is 151 Å². The summed E-state index contributed by atoms with van der Waals surface area (Å²) in [5, 5.41) is 6.99. The Morgan fingerprint density at radius 3 is 2.12 bits per heavy atom. The minimum absolute atomic E-state index is 0.0632. The molecule has 3 aromatic heterocycles. The zero-order valence-corrected chi connectivity index (χ0v) is 26.5. The molecule has 10 aromatic rings. The van der Waals surface area contributed by atoms with Gasteiger partial charge in [0.25, 0.3) is 0 Å². The minimum atomic E-state index is -0.0632. The summed E-state index contributed by atoms with van der Waals surface area (Å²) in [4.78, 5) is 0. The smallest absolute Gasteiger partial charge is 0.143 e. The molecule has 0 amide bonds. The second-order valence-electron chi connectivity index (χ2n) is 13.7. The molecule has 1 aliphatic rings. The third-order valence-corrected chi connectivity index (χ3v) is 10.8. The average Bonchev–Trinajstić information content (AvgIpc) is 3.84. The van der Waals surface area contributed by atoms with Crippen LogP contribution in [-0.4, -0.2) is 4.57 Å². The van der Waals surface area contributed by atoms with Crippen molar-refractivity contribution in [2.45, 2.75) is 19.3 Å². The lowest BCUT2D eigenvalue weighted by Gasteiger charge is -2.21. The fourth-order valence-electron chi connectivity index (χ4n) is 8.56. The molecule has 0 spiro atoms. The van der Waals surface area contributed by atoms with E-state index in [1.807, 2.05) is 12.1 Å². The molecule has 0 radical (unpaired) electrons. The van der Waals surface area contributed by atoms with Crippen molar-refractivity contribution < 1.29 is 8.83 Å². The van der Waals surface area contributed by atoms with Crippen LogP contribution in [0.15, 0.2) is 148 Å². The Balaban J connectivity index is 1.20. The van der Waals surface area contributed by atoms with Crippen molar-refractivity contribution in [3.8, 4) is 27.9 Å². The highest BCUT2D eigenvalue weighted by Gasteiger charge is 2.36. The van der Waals surface area contributed by atoms with E-state index in [2.05, 4.69) is 146 Å². The third-order valence-electron chi connectivity index (χ3n) is 10.8. The Labute approximate surface area is 276 Å². The fraction of sp³-hybridized carbons (Fsp3) is 0.0667. The van der Waals surface area contributed by atoms with Gasteiger partial charge in [0.05, 0.1) is 22.1 Å². The second kappa shape index (κ2) is 9.05. The zero-order chi connectivity index (χ0) is 31.7. The highest BCUT2D eigenvalue weighted by Crippen LogP contribution is 2.51. The van der Waals surface area contributed by atoms with Crippen molar-refractivity contribution in [1.29, 1.82) is 0 Å².